The normalized spacial score (nSPS) is 20.1. The van der Waals surface area contributed by atoms with Crippen LogP contribution in [0.5, 0.6) is 5.75 Å². The first-order valence-corrected chi connectivity index (χ1v) is 8.69. The molecule has 1 saturated carbocycles. The summed E-state index contributed by atoms with van der Waals surface area (Å²) in [7, 11) is 4.04. The van der Waals surface area contributed by atoms with Gasteiger partial charge in [0, 0.05) is 29.7 Å². The quantitative estimate of drug-likeness (QED) is 0.643. The summed E-state index contributed by atoms with van der Waals surface area (Å²) in [5, 5.41) is 9.02. The Kier molecular flexibility index (Phi) is 4.15. The fourth-order valence-corrected chi connectivity index (χ4v) is 3.32. The second-order valence-electron chi connectivity index (χ2n) is 6.90. The standard InChI is InChI=1S/C21H21N3O2/c1-24(2)11-12-25-23-20-17-5-3-4-6-19(17)26-21(13-18(20)21)16-9-7-15(14-22)8-10-16/h3-10,23H,11-13H2,1-2H3. The van der Waals surface area contributed by atoms with Crippen LogP contribution >= 0.6 is 0 Å². The lowest BCUT2D eigenvalue weighted by Gasteiger charge is -2.26. The summed E-state index contributed by atoms with van der Waals surface area (Å²) in [5.74, 6) is 0.844. The third kappa shape index (κ3) is 2.84. The van der Waals surface area contributed by atoms with E-state index in [1.807, 2.05) is 62.6 Å². The van der Waals surface area contributed by atoms with Crippen molar-refractivity contribution < 1.29 is 9.57 Å². The van der Waals surface area contributed by atoms with Gasteiger partial charge in [0.15, 0.2) is 5.60 Å². The van der Waals surface area contributed by atoms with Crippen molar-refractivity contribution in [3.8, 4) is 11.8 Å². The van der Waals surface area contributed by atoms with E-state index in [1.54, 1.807) is 0 Å². The van der Waals surface area contributed by atoms with E-state index in [0.717, 1.165) is 35.5 Å². The van der Waals surface area contributed by atoms with Gasteiger partial charge in [-0.3, -0.25) is 10.3 Å². The average molecular weight is 347 g/mol. The number of para-hydroxylation sites is 1. The summed E-state index contributed by atoms with van der Waals surface area (Å²) in [6.45, 7) is 1.44. The Labute approximate surface area is 153 Å². The van der Waals surface area contributed by atoms with Crippen LogP contribution < -0.4 is 10.2 Å². The first kappa shape index (κ1) is 16.6. The van der Waals surface area contributed by atoms with Crippen molar-refractivity contribution >= 4 is 5.70 Å². The molecule has 2 aliphatic rings. The molecule has 0 amide bonds. The van der Waals surface area contributed by atoms with E-state index >= 15 is 0 Å². The molecule has 1 heterocycles. The fourth-order valence-electron chi connectivity index (χ4n) is 3.32. The Morgan fingerprint density at radius 1 is 1.19 bits per heavy atom. The second-order valence-corrected chi connectivity index (χ2v) is 6.90. The minimum atomic E-state index is -0.449. The number of ether oxygens (including phenoxy) is 1. The molecule has 0 radical (unpaired) electrons. The third-order valence-electron chi connectivity index (χ3n) is 4.83. The lowest BCUT2D eigenvalue weighted by atomic mass is 10.0. The number of hydroxylamine groups is 1. The molecule has 5 nitrogen and oxygen atoms in total. The van der Waals surface area contributed by atoms with Gasteiger partial charge < -0.3 is 9.64 Å². The van der Waals surface area contributed by atoms with Crippen LogP contribution in [-0.4, -0.2) is 32.1 Å². The number of nitrogens with one attached hydrogen (secondary N) is 1. The number of likely N-dealkylation sites (N-methyl/N-ethyl adjacent to an activating group) is 1. The molecule has 2 aromatic carbocycles. The zero-order valence-electron chi connectivity index (χ0n) is 15.0. The highest BCUT2D eigenvalue weighted by molar-refractivity contribution is 5.80. The van der Waals surface area contributed by atoms with Crippen LogP contribution in [0, 0.1) is 11.3 Å². The first-order chi connectivity index (χ1) is 12.6. The van der Waals surface area contributed by atoms with Crippen LogP contribution in [0.4, 0.5) is 0 Å². The highest BCUT2D eigenvalue weighted by atomic mass is 16.6. The van der Waals surface area contributed by atoms with Crippen molar-refractivity contribution in [2.24, 2.45) is 0 Å². The van der Waals surface area contributed by atoms with Crippen molar-refractivity contribution in [2.45, 2.75) is 12.0 Å². The maximum atomic E-state index is 9.02. The van der Waals surface area contributed by atoms with Gasteiger partial charge in [0.05, 0.1) is 23.9 Å². The molecule has 132 valence electrons. The van der Waals surface area contributed by atoms with Crippen LogP contribution in [0.1, 0.15) is 23.1 Å². The van der Waals surface area contributed by atoms with E-state index in [-0.39, 0.29) is 0 Å². The molecule has 4 rings (SSSR count). The van der Waals surface area contributed by atoms with Gasteiger partial charge in [-0.05, 0) is 38.4 Å². The molecular formula is C21H21N3O2. The number of rotatable bonds is 6. The molecule has 1 atom stereocenters. The van der Waals surface area contributed by atoms with Crippen LogP contribution in [0.2, 0.25) is 0 Å². The van der Waals surface area contributed by atoms with Crippen LogP contribution in [0.25, 0.3) is 5.70 Å². The van der Waals surface area contributed by atoms with Crippen molar-refractivity contribution in [2.75, 3.05) is 27.2 Å². The summed E-state index contributed by atoms with van der Waals surface area (Å²) < 4.78 is 6.38. The highest BCUT2D eigenvalue weighted by Crippen LogP contribution is 2.60. The van der Waals surface area contributed by atoms with Crippen molar-refractivity contribution in [3.63, 3.8) is 0 Å². The lowest BCUT2D eigenvalue weighted by molar-refractivity contribution is 0.0651. The Hall–Kier alpha value is -2.81. The van der Waals surface area contributed by atoms with Gasteiger partial charge in [-0.1, -0.05) is 24.3 Å². The van der Waals surface area contributed by atoms with Gasteiger partial charge in [-0.25, -0.2) is 0 Å². The molecule has 5 heteroatoms. The minimum Gasteiger partial charge on any atom is -0.477 e. The second kappa shape index (κ2) is 6.49. The molecule has 1 fully saturated rings. The summed E-state index contributed by atoms with van der Waals surface area (Å²) in [6, 6.07) is 17.8. The Bertz CT molecular complexity index is 896. The van der Waals surface area contributed by atoms with Crippen molar-refractivity contribution in [3.05, 3.63) is 70.8 Å². The summed E-state index contributed by atoms with van der Waals surface area (Å²) in [5.41, 5.74) is 7.63. The molecular weight excluding hydrogens is 326 g/mol. The van der Waals surface area contributed by atoms with E-state index in [9.17, 15) is 0 Å². The van der Waals surface area contributed by atoms with E-state index in [2.05, 4.69) is 16.4 Å². The molecule has 0 spiro atoms. The Balaban J connectivity index is 1.64. The van der Waals surface area contributed by atoms with Crippen molar-refractivity contribution in [1.29, 1.82) is 5.26 Å². The highest BCUT2D eigenvalue weighted by Gasteiger charge is 2.58. The Morgan fingerprint density at radius 2 is 1.96 bits per heavy atom. The average Bonchev–Trinajstić information content (AvgIpc) is 3.39. The molecule has 1 aliphatic carbocycles. The number of hydrogen-bond donors (Lipinski definition) is 1. The van der Waals surface area contributed by atoms with Gasteiger partial charge in [0.2, 0.25) is 0 Å². The zero-order valence-corrected chi connectivity index (χ0v) is 15.0. The van der Waals surface area contributed by atoms with E-state index in [1.165, 1.54) is 5.57 Å². The maximum absolute atomic E-state index is 9.02. The van der Waals surface area contributed by atoms with E-state index in [0.29, 0.717) is 12.2 Å². The van der Waals surface area contributed by atoms with Gasteiger partial charge in [0.25, 0.3) is 0 Å². The van der Waals surface area contributed by atoms with Gasteiger partial charge >= 0.3 is 0 Å². The van der Waals surface area contributed by atoms with Crippen molar-refractivity contribution in [1.82, 2.24) is 10.4 Å². The van der Waals surface area contributed by atoms with Crippen LogP contribution in [0.15, 0.2) is 54.1 Å². The SMILES string of the molecule is CN(C)CCONC1=C2CC2(c2ccc(C#N)cc2)Oc2ccccc21. The zero-order chi connectivity index (χ0) is 18.1. The van der Waals surface area contributed by atoms with Gasteiger partial charge in [-0.15, -0.1) is 0 Å². The summed E-state index contributed by atoms with van der Waals surface area (Å²) >= 11 is 0. The molecule has 1 unspecified atom stereocenters. The van der Waals surface area contributed by atoms with Gasteiger partial charge in [0.1, 0.15) is 5.75 Å². The number of fused-ring (bicyclic) bond motifs is 2. The third-order valence-corrected chi connectivity index (χ3v) is 4.83. The molecule has 0 saturated heterocycles. The molecule has 0 aromatic heterocycles. The summed E-state index contributed by atoms with van der Waals surface area (Å²) in [6.07, 6.45) is 0.812. The van der Waals surface area contributed by atoms with E-state index < -0.39 is 5.60 Å². The first-order valence-electron chi connectivity index (χ1n) is 8.69. The van der Waals surface area contributed by atoms with E-state index in [4.69, 9.17) is 14.8 Å². The minimum absolute atomic E-state index is 0.449. The topological polar surface area (TPSA) is 57.5 Å². The largest absolute Gasteiger partial charge is 0.477 e. The number of nitrogens with zero attached hydrogens (tertiary/aromatic N) is 2. The molecule has 26 heavy (non-hydrogen) atoms. The number of benzene rings is 2. The van der Waals surface area contributed by atoms with Crippen LogP contribution in [-0.2, 0) is 10.4 Å². The monoisotopic (exact) mass is 347 g/mol. The fraction of sp³-hybridized carbons (Fsp3) is 0.286. The predicted molar refractivity (Wildman–Crippen MR) is 99.1 cm³/mol. The molecule has 1 aliphatic heterocycles. The lowest BCUT2D eigenvalue weighted by Crippen LogP contribution is -2.26. The Morgan fingerprint density at radius 3 is 2.69 bits per heavy atom. The molecule has 2 aromatic rings. The predicted octanol–water partition coefficient (Wildman–Crippen LogP) is 3.04. The number of nitriles is 1. The molecule has 1 N–H and O–H groups in total. The molecule has 0 bridgehead atoms. The van der Waals surface area contributed by atoms with Gasteiger partial charge in [-0.2, -0.15) is 5.26 Å². The maximum Gasteiger partial charge on any atom is 0.162 e. The number of hydrogen-bond acceptors (Lipinski definition) is 5. The smallest absolute Gasteiger partial charge is 0.162 e. The summed E-state index contributed by atoms with van der Waals surface area (Å²) in [4.78, 5) is 7.79. The van der Waals surface area contributed by atoms with Crippen LogP contribution in [0.3, 0.4) is 0 Å².